The molecule has 0 N–H and O–H groups in total. The molecule has 0 aromatic heterocycles. The zero-order valence-electron chi connectivity index (χ0n) is 35.3. The average molecular weight is 849 g/mol. The Hall–Kier alpha value is -8.13. The quantitative estimate of drug-likeness (QED) is 0.0536. The number of benzene rings is 9. The molecular formula is C60H44N2Si2. The molecule has 0 aliphatic rings. The Bertz CT molecular complexity index is 2690. The van der Waals surface area contributed by atoms with Crippen molar-refractivity contribution < 1.29 is 0 Å². The number of hydrogen-bond acceptors (Lipinski definition) is 2. The van der Waals surface area contributed by atoms with Gasteiger partial charge in [0.05, 0.1) is 23.3 Å². The van der Waals surface area contributed by atoms with Crippen molar-refractivity contribution in [3.8, 4) is 12.1 Å². The highest BCUT2D eigenvalue weighted by Gasteiger charge is 2.42. The van der Waals surface area contributed by atoms with Gasteiger partial charge in [-0.05, 0) is 75.9 Å². The summed E-state index contributed by atoms with van der Waals surface area (Å²) in [6.07, 6.45) is 3.87. The van der Waals surface area contributed by atoms with Crippen molar-refractivity contribution in [1.82, 2.24) is 0 Å². The zero-order chi connectivity index (χ0) is 43.6. The van der Waals surface area contributed by atoms with Crippen molar-refractivity contribution in [3.63, 3.8) is 0 Å². The minimum Gasteiger partial charge on any atom is -0.192 e. The van der Waals surface area contributed by atoms with Gasteiger partial charge in [0.1, 0.15) is 0 Å². The number of nitrogens with zero attached hydrogens (tertiary/aromatic N) is 2. The maximum atomic E-state index is 10.4. The summed E-state index contributed by atoms with van der Waals surface area (Å²) in [6.45, 7) is 0. The third kappa shape index (κ3) is 7.92. The molecule has 0 atom stereocenters. The Balaban J connectivity index is 1.01. The summed E-state index contributed by atoms with van der Waals surface area (Å²) in [5.74, 6) is 0. The monoisotopic (exact) mass is 848 g/mol. The maximum absolute atomic E-state index is 10.4. The van der Waals surface area contributed by atoms with Crippen LogP contribution in [0, 0.1) is 22.7 Å². The highest BCUT2D eigenvalue weighted by atomic mass is 28.3. The molecule has 0 unspecified atom stereocenters. The Morgan fingerprint density at radius 3 is 0.672 bits per heavy atom. The second-order valence-corrected chi connectivity index (χ2v) is 23.5. The van der Waals surface area contributed by atoms with Crippen LogP contribution in [-0.2, 0) is 0 Å². The topological polar surface area (TPSA) is 47.6 Å². The lowest BCUT2D eigenvalue weighted by Crippen LogP contribution is -2.74. The molecule has 0 aliphatic heterocycles. The van der Waals surface area contributed by atoms with Crippen LogP contribution in [-0.4, -0.2) is 16.1 Å². The van der Waals surface area contributed by atoms with E-state index in [0.717, 1.165) is 22.3 Å². The molecule has 0 saturated heterocycles. The van der Waals surface area contributed by atoms with E-state index in [1.165, 1.54) is 41.5 Å². The molecule has 0 bridgehead atoms. The van der Waals surface area contributed by atoms with E-state index in [9.17, 15) is 10.5 Å². The summed E-state index contributed by atoms with van der Waals surface area (Å²) in [6, 6.07) is 95.3. The van der Waals surface area contributed by atoms with Crippen molar-refractivity contribution in [2.75, 3.05) is 0 Å². The molecule has 0 saturated carbocycles. The van der Waals surface area contributed by atoms with E-state index in [1.807, 2.05) is 36.4 Å². The smallest absolute Gasteiger partial charge is 0.179 e. The van der Waals surface area contributed by atoms with Gasteiger partial charge in [-0.2, -0.15) is 10.5 Å². The van der Waals surface area contributed by atoms with Gasteiger partial charge in [0, 0.05) is 0 Å². The second kappa shape index (κ2) is 18.9. The van der Waals surface area contributed by atoms with Crippen LogP contribution in [0.1, 0.15) is 22.3 Å². The van der Waals surface area contributed by atoms with Gasteiger partial charge in [-0.15, -0.1) is 0 Å². The van der Waals surface area contributed by atoms with Crippen molar-refractivity contribution in [2.24, 2.45) is 0 Å². The van der Waals surface area contributed by atoms with Crippen LogP contribution in [0.4, 0.5) is 0 Å². The maximum Gasteiger partial charge on any atom is 0.179 e. The minimum absolute atomic E-state index is 0.584. The van der Waals surface area contributed by atoms with Gasteiger partial charge >= 0.3 is 0 Å². The molecule has 0 spiro atoms. The summed E-state index contributed by atoms with van der Waals surface area (Å²) in [5, 5.41) is 31.2. The Kier molecular flexibility index (Phi) is 12.2. The summed E-state index contributed by atoms with van der Waals surface area (Å²) >= 11 is 0. The lowest BCUT2D eigenvalue weighted by atomic mass is 10.0. The number of hydrogen-bond donors (Lipinski definition) is 0. The lowest BCUT2D eigenvalue weighted by molar-refractivity contribution is 1.52. The van der Waals surface area contributed by atoms with Crippen LogP contribution in [0.5, 0.6) is 0 Å². The second-order valence-electron chi connectivity index (χ2n) is 15.9. The van der Waals surface area contributed by atoms with Crippen molar-refractivity contribution in [1.29, 1.82) is 10.5 Å². The predicted molar refractivity (Wildman–Crippen MR) is 274 cm³/mol. The van der Waals surface area contributed by atoms with E-state index in [0.29, 0.717) is 11.1 Å². The van der Waals surface area contributed by atoms with Crippen LogP contribution in [0.15, 0.2) is 255 Å². The molecule has 4 heteroatoms. The average Bonchev–Trinajstić information content (AvgIpc) is 3.38. The van der Waals surface area contributed by atoms with E-state index in [1.54, 1.807) is 0 Å². The molecule has 0 radical (unpaired) electrons. The van der Waals surface area contributed by atoms with E-state index in [2.05, 4.69) is 243 Å². The fourth-order valence-corrected chi connectivity index (χ4v) is 18.8. The molecule has 9 aromatic rings. The highest BCUT2D eigenvalue weighted by Crippen LogP contribution is 2.22. The first kappa shape index (κ1) is 41.2. The molecule has 9 rings (SSSR count). The SMILES string of the molecule is N#C/C(=C\c1ccc(/C=C(/C#N)c2ccc([Si](c3ccccc3)(c3ccccc3)c3ccccc3)cc2)cc1)c1ccc([Si](c2ccccc2)(c2ccccc2)c2ccccc2)cc1. The first-order chi connectivity index (χ1) is 31.6. The van der Waals surface area contributed by atoms with Crippen LogP contribution < -0.4 is 41.5 Å². The fraction of sp³-hybridized carbons (Fsp3) is 0. The minimum atomic E-state index is -2.67. The number of allylic oxidation sites excluding steroid dienone is 2. The largest absolute Gasteiger partial charge is 0.192 e. The number of nitriles is 2. The van der Waals surface area contributed by atoms with E-state index in [-0.39, 0.29) is 0 Å². The van der Waals surface area contributed by atoms with Gasteiger partial charge < -0.3 is 0 Å². The van der Waals surface area contributed by atoms with Gasteiger partial charge in [-0.1, -0.05) is 255 Å². The molecule has 64 heavy (non-hydrogen) atoms. The molecule has 2 nitrogen and oxygen atoms in total. The normalized spacial score (nSPS) is 11.9. The van der Waals surface area contributed by atoms with Gasteiger partial charge in [0.25, 0.3) is 0 Å². The first-order valence-corrected chi connectivity index (χ1v) is 25.5. The summed E-state index contributed by atoms with van der Waals surface area (Å²) in [5.41, 5.74) is 4.71. The van der Waals surface area contributed by atoms with E-state index < -0.39 is 16.1 Å². The zero-order valence-corrected chi connectivity index (χ0v) is 37.3. The third-order valence-corrected chi connectivity index (χ3v) is 21.9. The molecule has 0 fully saturated rings. The Morgan fingerprint density at radius 1 is 0.266 bits per heavy atom. The molecule has 0 amide bonds. The third-order valence-electron chi connectivity index (χ3n) is 12.3. The summed E-state index contributed by atoms with van der Waals surface area (Å²) in [4.78, 5) is 0. The Labute approximate surface area is 378 Å². The number of rotatable bonds is 12. The van der Waals surface area contributed by atoms with Crippen LogP contribution in [0.25, 0.3) is 23.3 Å². The lowest BCUT2D eigenvalue weighted by Gasteiger charge is -2.34. The molecule has 302 valence electrons. The highest BCUT2D eigenvalue weighted by molar-refractivity contribution is 7.20. The summed E-state index contributed by atoms with van der Waals surface area (Å²) < 4.78 is 0. The molecule has 9 aromatic carbocycles. The molecular weight excluding hydrogens is 805 g/mol. The van der Waals surface area contributed by atoms with E-state index >= 15 is 0 Å². The van der Waals surface area contributed by atoms with Crippen molar-refractivity contribution >= 4 is 80.9 Å². The van der Waals surface area contributed by atoms with Crippen molar-refractivity contribution in [3.05, 3.63) is 277 Å². The standard InChI is InChI=1S/C60H44N2Si2/c61-45-51(49-35-39-59(40-36-49)63(53-19-7-1-8-20-53,54-21-9-2-10-22-54)55-23-11-3-12-24-55)43-47-31-33-48(34-32-47)44-52(46-62)50-37-41-60(42-38-50)64(56-25-13-4-14-26-56,57-27-15-5-16-28-57)58-29-17-6-18-30-58/h1-44H/b51-43-,52-44+. The van der Waals surface area contributed by atoms with Crippen LogP contribution >= 0.6 is 0 Å². The molecule has 0 heterocycles. The fourth-order valence-electron chi connectivity index (χ4n) is 9.31. The van der Waals surface area contributed by atoms with E-state index in [4.69, 9.17) is 0 Å². The predicted octanol–water partition coefficient (Wildman–Crippen LogP) is 8.57. The summed E-state index contributed by atoms with van der Waals surface area (Å²) in [7, 11) is -5.35. The van der Waals surface area contributed by atoms with Gasteiger partial charge in [0.2, 0.25) is 0 Å². The van der Waals surface area contributed by atoms with Crippen LogP contribution in [0.2, 0.25) is 0 Å². The van der Waals surface area contributed by atoms with Crippen molar-refractivity contribution in [2.45, 2.75) is 0 Å². The Morgan fingerprint density at radius 2 is 0.469 bits per heavy atom. The van der Waals surface area contributed by atoms with Gasteiger partial charge in [0.15, 0.2) is 16.1 Å². The molecule has 0 aliphatic carbocycles. The first-order valence-electron chi connectivity index (χ1n) is 21.5. The van der Waals surface area contributed by atoms with Gasteiger partial charge in [-0.25, -0.2) is 0 Å². The van der Waals surface area contributed by atoms with Gasteiger partial charge in [-0.3, -0.25) is 0 Å². The van der Waals surface area contributed by atoms with Crippen LogP contribution in [0.3, 0.4) is 0 Å².